The van der Waals surface area contributed by atoms with Crippen LogP contribution < -0.4 is 5.32 Å². The summed E-state index contributed by atoms with van der Waals surface area (Å²) in [6, 6.07) is 17.9. The predicted molar refractivity (Wildman–Crippen MR) is 88.5 cm³/mol. The van der Waals surface area contributed by atoms with Gasteiger partial charge in [-0.2, -0.15) is 0 Å². The molecule has 0 aliphatic rings. The standard InChI is InChI=1S/C18H19NS/c1-13-5-3-6-14(11-13)12-17(19-2)16-8-4-7-15-9-10-20-18(15)16/h3-11,17,19H,12H2,1-2H3. The molecule has 0 bridgehead atoms. The Morgan fingerprint density at radius 2 is 1.95 bits per heavy atom. The second-order valence-corrected chi connectivity index (χ2v) is 6.14. The summed E-state index contributed by atoms with van der Waals surface area (Å²) in [6.07, 6.45) is 1.02. The Kier molecular flexibility index (Phi) is 3.86. The highest BCUT2D eigenvalue weighted by atomic mass is 32.1. The van der Waals surface area contributed by atoms with Gasteiger partial charge >= 0.3 is 0 Å². The molecule has 0 radical (unpaired) electrons. The van der Waals surface area contributed by atoms with Gasteiger partial charge in [0.15, 0.2) is 0 Å². The van der Waals surface area contributed by atoms with Crippen molar-refractivity contribution in [2.24, 2.45) is 0 Å². The van der Waals surface area contributed by atoms with Crippen molar-refractivity contribution in [3.63, 3.8) is 0 Å². The Balaban J connectivity index is 1.95. The maximum atomic E-state index is 3.47. The summed E-state index contributed by atoms with van der Waals surface area (Å²) in [7, 11) is 2.05. The first kappa shape index (κ1) is 13.3. The molecule has 0 saturated heterocycles. The maximum Gasteiger partial charge on any atom is 0.0390 e. The minimum Gasteiger partial charge on any atom is -0.313 e. The van der Waals surface area contributed by atoms with Crippen molar-refractivity contribution in [2.75, 3.05) is 7.05 Å². The number of likely N-dealkylation sites (N-methyl/N-ethyl adjacent to an activating group) is 1. The molecule has 1 N–H and O–H groups in total. The Bertz CT molecular complexity index is 714. The fourth-order valence-corrected chi connectivity index (χ4v) is 3.70. The van der Waals surface area contributed by atoms with Gasteiger partial charge in [0, 0.05) is 10.7 Å². The topological polar surface area (TPSA) is 12.0 Å². The minimum atomic E-state index is 0.360. The first-order valence-electron chi connectivity index (χ1n) is 6.97. The zero-order valence-electron chi connectivity index (χ0n) is 11.9. The van der Waals surface area contributed by atoms with Gasteiger partial charge in [-0.05, 0) is 48.4 Å². The fourth-order valence-electron chi connectivity index (χ4n) is 2.73. The largest absolute Gasteiger partial charge is 0.313 e. The molecule has 0 aliphatic heterocycles. The lowest BCUT2D eigenvalue weighted by molar-refractivity contribution is 0.597. The van der Waals surface area contributed by atoms with E-state index in [0.29, 0.717) is 6.04 Å². The number of aryl methyl sites for hydroxylation is 1. The lowest BCUT2D eigenvalue weighted by Crippen LogP contribution is -2.18. The molecule has 0 aliphatic carbocycles. The molecule has 1 aromatic heterocycles. The zero-order valence-corrected chi connectivity index (χ0v) is 12.7. The van der Waals surface area contributed by atoms with Crippen LogP contribution in [-0.4, -0.2) is 7.05 Å². The molecule has 102 valence electrons. The van der Waals surface area contributed by atoms with E-state index >= 15 is 0 Å². The van der Waals surface area contributed by atoms with Crippen LogP contribution in [-0.2, 0) is 6.42 Å². The molecule has 0 fully saturated rings. The zero-order chi connectivity index (χ0) is 13.9. The van der Waals surface area contributed by atoms with Crippen molar-refractivity contribution in [1.82, 2.24) is 5.32 Å². The number of hydrogen-bond acceptors (Lipinski definition) is 2. The Morgan fingerprint density at radius 3 is 2.75 bits per heavy atom. The SMILES string of the molecule is CNC(Cc1cccc(C)c1)c1cccc2ccsc12. The van der Waals surface area contributed by atoms with E-state index in [1.165, 1.54) is 26.8 Å². The Morgan fingerprint density at radius 1 is 1.10 bits per heavy atom. The quantitative estimate of drug-likeness (QED) is 0.730. The fraction of sp³-hybridized carbons (Fsp3) is 0.222. The highest BCUT2D eigenvalue weighted by molar-refractivity contribution is 7.17. The van der Waals surface area contributed by atoms with Crippen molar-refractivity contribution in [2.45, 2.75) is 19.4 Å². The lowest BCUT2D eigenvalue weighted by Gasteiger charge is -2.18. The van der Waals surface area contributed by atoms with Crippen LogP contribution >= 0.6 is 11.3 Å². The van der Waals surface area contributed by atoms with E-state index < -0.39 is 0 Å². The maximum absolute atomic E-state index is 3.47. The smallest absolute Gasteiger partial charge is 0.0390 e. The van der Waals surface area contributed by atoms with Gasteiger partial charge in [0.05, 0.1) is 0 Å². The van der Waals surface area contributed by atoms with Gasteiger partial charge in [0.1, 0.15) is 0 Å². The molecule has 1 unspecified atom stereocenters. The van der Waals surface area contributed by atoms with E-state index in [4.69, 9.17) is 0 Å². The summed E-state index contributed by atoms with van der Waals surface area (Å²) in [5.41, 5.74) is 4.12. The molecular formula is C18H19NS. The summed E-state index contributed by atoms with van der Waals surface area (Å²) < 4.78 is 1.40. The van der Waals surface area contributed by atoms with Gasteiger partial charge < -0.3 is 5.32 Å². The molecule has 1 atom stereocenters. The van der Waals surface area contributed by atoms with Crippen LogP contribution in [0, 0.1) is 6.92 Å². The number of rotatable bonds is 4. The van der Waals surface area contributed by atoms with E-state index in [1.54, 1.807) is 0 Å². The number of nitrogens with one attached hydrogen (secondary N) is 1. The number of fused-ring (bicyclic) bond motifs is 1. The molecule has 1 nitrogen and oxygen atoms in total. The van der Waals surface area contributed by atoms with Crippen LogP contribution in [0.5, 0.6) is 0 Å². The van der Waals surface area contributed by atoms with Crippen LogP contribution in [0.15, 0.2) is 53.9 Å². The summed E-state index contributed by atoms with van der Waals surface area (Å²) in [4.78, 5) is 0. The second kappa shape index (κ2) is 5.78. The third-order valence-corrected chi connectivity index (χ3v) is 4.73. The number of thiophene rings is 1. The van der Waals surface area contributed by atoms with Crippen molar-refractivity contribution in [3.8, 4) is 0 Å². The van der Waals surface area contributed by atoms with Gasteiger partial charge in [0.25, 0.3) is 0 Å². The molecule has 2 aromatic carbocycles. The summed E-state index contributed by atoms with van der Waals surface area (Å²) in [5, 5.41) is 6.99. The average Bonchev–Trinajstić information content (AvgIpc) is 2.93. The van der Waals surface area contributed by atoms with Gasteiger partial charge in [-0.15, -0.1) is 11.3 Å². The molecule has 20 heavy (non-hydrogen) atoms. The molecule has 0 saturated carbocycles. The second-order valence-electron chi connectivity index (χ2n) is 5.22. The monoisotopic (exact) mass is 281 g/mol. The molecule has 1 heterocycles. The molecule has 0 spiro atoms. The van der Waals surface area contributed by atoms with E-state index in [1.807, 2.05) is 18.4 Å². The van der Waals surface area contributed by atoms with Crippen molar-refractivity contribution >= 4 is 21.4 Å². The van der Waals surface area contributed by atoms with E-state index in [-0.39, 0.29) is 0 Å². The van der Waals surface area contributed by atoms with Crippen molar-refractivity contribution in [1.29, 1.82) is 0 Å². The molecule has 0 amide bonds. The first-order chi connectivity index (χ1) is 9.78. The molecule has 2 heteroatoms. The average molecular weight is 281 g/mol. The highest BCUT2D eigenvalue weighted by Crippen LogP contribution is 2.30. The van der Waals surface area contributed by atoms with Crippen LogP contribution in [0.2, 0.25) is 0 Å². The van der Waals surface area contributed by atoms with Gasteiger partial charge in [-0.25, -0.2) is 0 Å². The first-order valence-corrected chi connectivity index (χ1v) is 7.85. The molecule has 3 aromatic rings. The van der Waals surface area contributed by atoms with Crippen LogP contribution in [0.25, 0.3) is 10.1 Å². The van der Waals surface area contributed by atoms with Crippen LogP contribution in [0.1, 0.15) is 22.7 Å². The summed E-state index contributed by atoms with van der Waals surface area (Å²) >= 11 is 1.83. The third-order valence-electron chi connectivity index (χ3n) is 3.76. The predicted octanol–water partition coefficient (Wildman–Crippen LogP) is 4.71. The van der Waals surface area contributed by atoms with Crippen LogP contribution in [0.4, 0.5) is 0 Å². The van der Waals surface area contributed by atoms with E-state index in [2.05, 4.69) is 66.2 Å². The summed E-state index contributed by atoms with van der Waals surface area (Å²) in [5.74, 6) is 0. The Hall–Kier alpha value is -1.64. The van der Waals surface area contributed by atoms with Gasteiger partial charge in [0.2, 0.25) is 0 Å². The highest BCUT2D eigenvalue weighted by Gasteiger charge is 2.13. The minimum absolute atomic E-state index is 0.360. The third kappa shape index (κ3) is 2.62. The Labute approximate surface area is 124 Å². The van der Waals surface area contributed by atoms with Gasteiger partial charge in [-0.3, -0.25) is 0 Å². The van der Waals surface area contributed by atoms with Gasteiger partial charge in [-0.1, -0.05) is 48.0 Å². The van der Waals surface area contributed by atoms with E-state index in [9.17, 15) is 0 Å². The number of benzene rings is 2. The molecule has 3 rings (SSSR count). The normalized spacial score (nSPS) is 12.7. The summed E-state index contributed by atoms with van der Waals surface area (Å²) in [6.45, 7) is 2.15. The molecular weight excluding hydrogens is 262 g/mol. The van der Waals surface area contributed by atoms with Crippen molar-refractivity contribution in [3.05, 3.63) is 70.6 Å². The number of hydrogen-bond donors (Lipinski definition) is 1. The lowest BCUT2D eigenvalue weighted by atomic mass is 9.97. The van der Waals surface area contributed by atoms with Crippen LogP contribution in [0.3, 0.4) is 0 Å². The van der Waals surface area contributed by atoms with Crippen molar-refractivity contribution < 1.29 is 0 Å². The van der Waals surface area contributed by atoms with E-state index in [0.717, 1.165) is 6.42 Å².